The van der Waals surface area contributed by atoms with Crippen LogP contribution in [0.25, 0.3) is 0 Å². The summed E-state index contributed by atoms with van der Waals surface area (Å²) >= 11 is 1.27. The van der Waals surface area contributed by atoms with Gasteiger partial charge in [0.15, 0.2) is 10.9 Å². The topological polar surface area (TPSA) is 44.8 Å². The van der Waals surface area contributed by atoms with E-state index in [1.54, 1.807) is 0 Å². The fraction of sp³-hybridized carbons (Fsp3) is 0.435. The number of thioether (sulfide) groups is 1. The molecule has 150 valence electrons. The number of ether oxygens (including phenoxy) is 3. The van der Waals surface area contributed by atoms with E-state index in [1.165, 1.54) is 17.3 Å². The van der Waals surface area contributed by atoms with Crippen molar-refractivity contribution >= 4 is 16.9 Å². The number of hydrogen-bond donors (Lipinski definition) is 0. The fourth-order valence-corrected chi connectivity index (χ4v) is 3.67. The second kappa shape index (κ2) is 9.70. The standard InChI is InChI=1S/C23H28O4S/c1-23(2)26-20(13-17-9-11-18(12-10-17)14-22(24)28-3)21(27-23)16-25-15-19-7-5-4-6-8-19/h4-12,20-21H,13-16H2,1-3H3. The molecule has 2 aromatic rings. The molecular weight excluding hydrogens is 372 g/mol. The molecule has 1 fully saturated rings. The largest absolute Gasteiger partial charge is 0.374 e. The van der Waals surface area contributed by atoms with E-state index in [1.807, 2.05) is 50.4 Å². The molecule has 2 unspecified atom stereocenters. The van der Waals surface area contributed by atoms with Crippen LogP contribution in [0.1, 0.15) is 30.5 Å². The monoisotopic (exact) mass is 400 g/mol. The highest BCUT2D eigenvalue weighted by atomic mass is 32.2. The number of carbonyl (C=O) groups is 1. The Morgan fingerprint density at radius 3 is 2.29 bits per heavy atom. The number of benzene rings is 2. The fourth-order valence-electron chi connectivity index (χ4n) is 3.35. The van der Waals surface area contributed by atoms with E-state index in [0.717, 1.165) is 17.5 Å². The molecule has 0 bridgehead atoms. The Morgan fingerprint density at radius 1 is 0.964 bits per heavy atom. The van der Waals surface area contributed by atoms with Crippen molar-refractivity contribution < 1.29 is 19.0 Å². The Bertz CT molecular complexity index is 758. The maximum Gasteiger partial charge on any atom is 0.193 e. The van der Waals surface area contributed by atoms with Crippen LogP contribution in [-0.2, 0) is 38.5 Å². The van der Waals surface area contributed by atoms with Crippen molar-refractivity contribution in [3.05, 3.63) is 71.3 Å². The van der Waals surface area contributed by atoms with Gasteiger partial charge in [0.1, 0.15) is 6.10 Å². The molecule has 1 aliphatic rings. The molecule has 1 heterocycles. The summed E-state index contributed by atoms with van der Waals surface area (Å²) in [4.78, 5) is 11.6. The molecule has 0 spiro atoms. The Balaban J connectivity index is 1.56. The van der Waals surface area contributed by atoms with Gasteiger partial charge < -0.3 is 14.2 Å². The van der Waals surface area contributed by atoms with Crippen LogP contribution in [0.3, 0.4) is 0 Å². The first-order valence-electron chi connectivity index (χ1n) is 9.57. The van der Waals surface area contributed by atoms with Crippen LogP contribution >= 0.6 is 11.8 Å². The highest BCUT2D eigenvalue weighted by Gasteiger charge is 2.41. The maximum atomic E-state index is 11.6. The third-order valence-electron chi connectivity index (χ3n) is 4.71. The molecule has 2 atom stereocenters. The average molecular weight is 401 g/mol. The summed E-state index contributed by atoms with van der Waals surface area (Å²) in [7, 11) is 0. The van der Waals surface area contributed by atoms with E-state index in [0.29, 0.717) is 19.6 Å². The van der Waals surface area contributed by atoms with Gasteiger partial charge in [0.05, 0.1) is 19.3 Å². The molecular formula is C23H28O4S. The minimum atomic E-state index is -0.615. The second-order valence-corrected chi connectivity index (χ2v) is 8.35. The van der Waals surface area contributed by atoms with Crippen LogP contribution < -0.4 is 0 Å². The van der Waals surface area contributed by atoms with Crippen LogP contribution in [0.15, 0.2) is 54.6 Å². The van der Waals surface area contributed by atoms with E-state index in [2.05, 4.69) is 24.3 Å². The van der Waals surface area contributed by atoms with E-state index in [4.69, 9.17) is 14.2 Å². The summed E-state index contributed by atoms with van der Waals surface area (Å²) in [6.45, 7) is 4.93. The first-order valence-corrected chi connectivity index (χ1v) is 10.8. The SMILES string of the molecule is CSC(=O)Cc1ccc(CC2OC(C)(C)OC2COCc2ccccc2)cc1. The minimum Gasteiger partial charge on any atom is -0.374 e. The van der Waals surface area contributed by atoms with Crippen molar-refractivity contribution in [2.45, 2.75) is 51.3 Å². The molecule has 5 heteroatoms. The lowest BCUT2D eigenvalue weighted by Gasteiger charge is -2.17. The molecule has 28 heavy (non-hydrogen) atoms. The first-order chi connectivity index (χ1) is 13.4. The third-order valence-corrected chi connectivity index (χ3v) is 5.31. The van der Waals surface area contributed by atoms with Crippen molar-refractivity contribution in [1.29, 1.82) is 0 Å². The van der Waals surface area contributed by atoms with Gasteiger partial charge in [0, 0.05) is 12.8 Å². The zero-order valence-corrected chi connectivity index (χ0v) is 17.5. The lowest BCUT2D eigenvalue weighted by atomic mass is 10.0. The first kappa shape index (κ1) is 21.1. The van der Waals surface area contributed by atoms with Gasteiger partial charge in [-0.1, -0.05) is 66.4 Å². The van der Waals surface area contributed by atoms with E-state index < -0.39 is 5.79 Å². The number of rotatable bonds is 8. The second-order valence-electron chi connectivity index (χ2n) is 7.49. The summed E-state index contributed by atoms with van der Waals surface area (Å²) in [5, 5.41) is 0.178. The summed E-state index contributed by atoms with van der Waals surface area (Å²) in [6, 6.07) is 18.3. The quantitative estimate of drug-likeness (QED) is 0.657. The zero-order chi connectivity index (χ0) is 20.0. The maximum absolute atomic E-state index is 11.6. The molecule has 4 nitrogen and oxygen atoms in total. The lowest BCUT2D eigenvalue weighted by molar-refractivity contribution is -0.151. The number of carbonyl (C=O) groups excluding carboxylic acids is 1. The van der Waals surface area contributed by atoms with E-state index in [-0.39, 0.29) is 17.3 Å². The predicted molar refractivity (Wildman–Crippen MR) is 112 cm³/mol. The van der Waals surface area contributed by atoms with Gasteiger partial charge in [-0.05, 0) is 36.8 Å². The van der Waals surface area contributed by atoms with Crippen LogP contribution in [0, 0.1) is 0 Å². The zero-order valence-electron chi connectivity index (χ0n) is 16.7. The molecule has 3 rings (SSSR count). The molecule has 0 aromatic heterocycles. The summed E-state index contributed by atoms with van der Waals surface area (Å²) in [5.41, 5.74) is 3.35. The highest BCUT2D eigenvalue weighted by Crippen LogP contribution is 2.30. The normalized spacial score (nSPS) is 21.0. The molecule has 1 aliphatic heterocycles. The van der Waals surface area contributed by atoms with Crippen molar-refractivity contribution in [1.82, 2.24) is 0 Å². The molecule has 0 amide bonds. The van der Waals surface area contributed by atoms with Gasteiger partial charge in [-0.2, -0.15) is 0 Å². The molecule has 0 saturated carbocycles. The molecule has 2 aromatic carbocycles. The number of hydrogen-bond acceptors (Lipinski definition) is 5. The Morgan fingerprint density at radius 2 is 1.61 bits per heavy atom. The Labute approximate surface area is 171 Å². The van der Waals surface area contributed by atoms with E-state index >= 15 is 0 Å². The van der Waals surface area contributed by atoms with Crippen molar-refractivity contribution in [3.63, 3.8) is 0 Å². The summed E-state index contributed by atoms with van der Waals surface area (Å²) < 4.78 is 18.1. The van der Waals surface area contributed by atoms with Gasteiger partial charge in [0.25, 0.3) is 0 Å². The Hall–Kier alpha value is -1.66. The van der Waals surface area contributed by atoms with E-state index in [9.17, 15) is 4.79 Å². The van der Waals surface area contributed by atoms with Gasteiger partial charge in [-0.15, -0.1) is 0 Å². The van der Waals surface area contributed by atoms with Crippen molar-refractivity contribution in [2.75, 3.05) is 12.9 Å². The van der Waals surface area contributed by atoms with Gasteiger partial charge >= 0.3 is 0 Å². The van der Waals surface area contributed by atoms with Crippen LogP contribution in [0.2, 0.25) is 0 Å². The Kier molecular flexibility index (Phi) is 7.30. The van der Waals surface area contributed by atoms with Gasteiger partial charge in [0.2, 0.25) is 0 Å². The van der Waals surface area contributed by atoms with Crippen molar-refractivity contribution in [3.8, 4) is 0 Å². The predicted octanol–water partition coefficient (Wildman–Crippen LogP) is 4.40. The van der Waals surface area contributed by atoms with Crippen molar-refractivity contribution in [2.24, 2.45) is 0 Å². The van der Waals surface area contributed by atoms with Crippen LogP contribution in [0.4, 0.5) is 0 Å². The van der Waals surface area contributed by atoms with Gasteiger partial charge in [-0.3, -0.25) is 4.79 Å². The molecule has 0 N–H and O–H groups in total. The minimum absolute atomic E-state index is 0.0653. The lowest BCUT2D eigenvalue weighted by Crippen LogP contribution is -2.29. The average Bonchev–Trinajstić information content (AvgIpc) is 2.97. The smallest absolute Gasteiger partial charge is 0.193 e. The molecule has 0 radical (unpaired) electrons. The third kappa shape index (κ3) is 6.17. The highest BCUT2D eigenvalue weighted by molar-refractivity contribution is 8.13. The summed E-state index contributed by atoms with van der Waals surface area (Å²) in [5.74, 6) is -0.615. The molecule has 0 aliphatic carbocycles. The van der Waals surface area contributed by atoms with Crippen LogP contribution in [0.5, 0.6) is 0 Å². The van der Waals surface area contributed by atoms with Gasteiger partial charge in [-0.25, -0.2) is 0 Å². The molecule has 1 saturated heterocycles. The van der Waals surface area contributed by atoms with Crippen LogP contribution in [-0.4, -0.2) is 36.0 Å². The summed E-state index contributed by atoms with van der Waals surface area (Å²) in [6.07, 6.45) is 2.85.